The summed E-state index contributed by atoms with van der Waals surface area (Å²) in [5, 5.41) is 0. The number of ether oxygens (including phenoxy) is 1. The van der Waals surface area contributed by atoms with Crippen LogP contribution in [0.3, 0.4) is 0 Å². The minimum absolute atomic E-state index is 0.0188. The van der Waals surface area contributed by atoms with E-state index in [2.05, 4.69) is 19.9 Å². The first-order valence-corrected chi connectivity index (χ1v) is 6.09. The molecule has 1 atom stereocenters. The number of rotatable bonds is 6. The molecule has 6 heteroatoms. The van der Waals surface area contributed by atoms with Gasteiger partial charge in [0.05, 0.1) is 12.8 Å². The molecular weight excluding hydrogens is 247 g/mol. The van der Waals surface area contributed by atoms with Gasteiger partial charge in [0, 0.05) is 6.61 Å². The summed E-state index contributed by atoms with van der Waals surface area (Å²) in [6.45, 7) is 4.87. The van der Waals surface area contributed by atoms with E-state index in [0.717, 1.165) is 0 Å². The first-order valence-electron chi connectivity index (χ1n) is 3.68. The van der Waals surface area contributed by atoms with Crippen molar-refractivity contribution >= 4 is 23.9 Å². The van der Waals surface area contributed by atoms with Crippen LogP contribution in [0.25, 0.3) is 0 Å². The van der Waals surface area contributed by atoms with E-state index in [0.29, 0.717) is 12.5 Å². The molecule has 0 rings (SSSR count). The Labute approximate surface area is 81.2 Å². The minimum atomic E-state index is -3.44. The molecule has 0 spiro atoms. The molecule has 0 radical (unpaired) electrons. The minimum Gasteiger partial charge on any atom is -0.381 e. The Hall–Kier alpha value is 0.590. The van der Waals surface area contributed by atoms with Gasteiger partial charge >= 0.3 is 7.60 Å². The molecule has 0 aliphatic carbocycles. The van der Waals surface area contributed by atoms with Crippen LogP contribution >= 0.6 is 23.9 Å². The van der Waals surface area contributed by atoms with Crippen molar-refractivity contribution in [1.29, 1.82) is 0 Å². The van der Waals surface area contributed by atoms with Gasteiger partial charge in [-0.15, -0.1) is 0 Å². The highest BCUT2D eigenvalue weighted by molar-refractivity contribution is 9.06. The van der Waals surface area contributed by atoms with Gasteiger partial charge in [-0.3, -0.25) is 4.57 Å². The monoisotopic (exact) mass is 260 g/mol. The fraction of sp³-hybridized carbons (Fsp3) is 1.00. The van der Waals surface area contributed by atoms with Crippen LogP contribution in [0.5, 0.6) is 0 Å². The number of hydrogen-bond acceptors (Lipinski definition) is 3. The molecule has 0 aromatic rings. The van der Waals surface area contributed by atoms with Gasteiger partial charge in [0.2, 0.25) is 0 Å². The van der Waals surface area contributed by atoms with Gasteiger partial charge in [0.25, 0.3) is 0 Å². The fourth-order valence-corrected chi connectivity index (χ4v) is 1.40. The lowest BCUT2D eigenvalue weighted by Gasteiger charge is -2.08. The maximum Gasteiger partial charge on any atom is 0.341 e. The zero-order valence-corrected chi connectivity index (χ0v) is 9.68. The van der Waals surface area contributed by atoms with Crippen LogP contribution in [0.1, 0.15) is 13.8 Å². The summed E-state index contributed by atoms with van der Waals surface area (Å²) < 4.78 is 20.1. The fourth-order valence-electron chi connectivity index (χ4n) is 0.533. The van der Waals surface area contributed by atoms with Crippen molar-refractivity contribution in [1.82, 2.24) is 0 Å². The average Bonchev–Trinajstić information content (AvgIpc) is 1.98. The normalized spacial score (nSPS) is 16.4. The third kappa shape index (κ3) is 7.25. The molecule has 0 aliphatic heterocycles. The molecule has 0 saturated carbocycles. The van der Waals surface area contributed by atoms with Crippen LogP contribution in [0.4, 0.5) is 0 Å². The number of hydrogen-bond donors (Lipinski definition) is 1. The zero-order valence-electron chi connectivity index (χ0n) is 7.20. The van der Waals surface area contributed by atoms with Crippen molar-refractivity contribution in [3.63, 3.8) is 0 Å². The van der Waals surface area contributed by atoms with Crippen molar-refractivity contribution in [2.24, 2.45) is 5.92 Å². The highest BCUT2D eigenvalue weighted by Gasteiger charge is 2.17. The molecule has 0 aliphatic rings. The summed E-state index contributed by atoms with van der Waals surface area (Å²) in [7, 11) is -3.44. The van der Waals surface area contributed by atoms with E-state index >= 15 is 0 Å². The van der Waals surface area contributed by atoms with Gasteiger partial charge in [-0.25, -0.2) is 3.62 Å². The second-order valence-electron chi connectivity index (χ2n) is 2.90. The summed E-state index contributed by atoms with van der Waals surface area (Å²) in [6, 6.07) is 0. The quantitative estimate of drug-likeness (QED) is 0.588. The lowest BCUT2D eigenvalue weighted by molar-refractivity contribution is 0.121. The predicted molar refractivity (Wildman–Crippen MR) is 50.4 cm³/mol. The molecule has 0 amide bonds. The first kappa shape index (κ1) is 12.6. The van der Waals surface area contributed by atoms with Crippen molar-refractivity contribution < 1.29 is 17.8 Å². The molecule has 1 N–H and O–H groups in total. The van der Waals surface area contributed by atoms with Gasteiger partial charge in [0.15, 0.2) is 0 Å². The van der Waals surface area contributed by atoms with Crippen LogP contribution in [0.2, 0.25) is 0 Å². The SMILES string of the molecule is CC(C)COCCP(=O)(O)OBr. The van der Waals surface area contributed by atoms with Crippen LogP contribution in [0, 0.1) is 5.92 Å². The lowest BCUT2D eigenvalue weighted by atomic mass is 10.2. The molecular formula is C6H14BrO4P. The maximum absolute atomic E-state index is 10.8. The second kappa shape index (κ2) is 6.11. The van der Waals surface area contributed by atoms with E-state index in [1.807, 2.05) is 13.8 Å². The van der Waals surface area contributed by atoms with Gasteiger partial charge < -0.3 is 9.63 Å². The molecule has 0 bridgehead atoms. The summed E-state index contributed by atoms with van der Waals surface area (Å²) in [5.41, 5.74) is 0. The molecule has 0 aromatic heterocycles. The topological polar surface area (TPSA) is 55.8 Å². The summed E-state index contributed by atoms with van der Waals surface area (Å²) in [6.07, 6.45) is 0.0188. The standard InChI is InChI=1S/C6H14BrO4P/c1-6(2)5-10-3-4-12(8,9)11-7/h6H,3-5H2,1-2H3,(H,8,9). The third-order valence-corrected chi connectivity index (χ3v) is 3.40. The molecule has 12 heavy (non-hydrogen) atoms. The van der Waals surface area contributed by atoms with Gasteiger partial charge in [-0.1, -0.05) is 13.8 Å². The highest BCUT2D eigenvalue weighted by Crippen LogP contribution is 2.43. The Balaban J connectivity index is 3.38. The Bertz CT molecular complexity index is 162. The molecule has 74 valence electrons. The van der Waals surface area contributed by atoms with E-state index < -0.39 is 7.60 Å². The lowest BCUT2D eigenvalue weighted by Crippen LogP contribution is -2.06. The van der Waals surface area contributed by atoms with E-state index in [4.69, 9.17) is 9.63 Å². The van der Waals surface area contributed by atoms with Gasteiger partial charge in [-0.2, -0.15) is 0 Å². The molecule has 4 nitrogen and oxygen atoms in total. The molecule has 0 heterocycles. The summed E-state index contributed by atoms with van der Waals surface area (Å²) in [4.78, 5) is 8.89. The van der Waals surface area contributed by atoms with Gasteiger partial charge in [-0.05, 0) is 5.92 Å². The largest absolute Gasteiger partial charge is 0.381 e. The van der Waals surface area contributed by atoms with Crippen LogP contribution in [-0.4, -0.2) is 24.3 Å². The molecule has 0 saturated heterocycles. The van der Waals surface area contributed by atoms with Crippen LogP contribution in [0.15, 0.2) is 0 Å². The van der Waals surface area contributed by atoms with Crippen molar-refractivity contribution in [3.8, 4) is 0 Å². The second-order valence-corrected chi connectivity index (χ2v) is 5.63. The van der Waals surface area contributed by atoms with E-state index in [1.165, 1.54) is 0 Å². The molecule has 1 unspecified atom stereocenters. The van der Waals surface area contributed by atoms with Crippen molar-refractivity contribution in [2.75, 3.05) is 19.4 Å². The van der Waals surface area contributed by atoms with Crippen molar-refractivity contribution in [3.05, 3.63) is 0 Å². The Kier molecular flexibility index (Phi) is 6.41. The Morgan fingerprint density at radius 2 is 2.17 bits per heavy atom. The number of halogens is 1. The smallest absolute Gasteiger partial charge is 0.341 e. The van der Waals surface area contributed by atoms with Crippen molar-refractivity contribution in [2.45, 2.75) is 13.8 Å². The molecule has 0 aromatic carbocycles. The van der Waals surface area contributed by atoms with E-state index in [9.17, 15) is 4.57 Å². The van der Waals surface area contributed by atoms with Gasteiger partial charge in [0.1, 0.15) is 16.3 Å². The van der Waals surface area contributed by atoms with Crippen LogP contribution in [-0.2, 0) is 12.9 Å². The Morgan fingerprint density at radius 3 is 2.58 bits per heavy atom. The molecule has 0 fully saturated rings. The predicted octanol–water partition coefficient (Wildman–Crippen LogP) is 2.17. The third-order valence-electron chi connectivity index (χ3n) is 1.08. The Morgan fingerprint density at radius 1 is 1.58 bits per heavy atom. The van der Waals surface area contributed by atoms with E-state index in [1.54, 1.807) is 0 Å². The van der Waals surface area contributed by atoms with E-state index in [-0.39, 0.29) is 12.8 Å². The highest BCUT2D eigenvalue weighted by atomic mass is 79.9. The summed E-state index contributed by atoms with van der Waals surface area (Å²) >= 11 is 2.48. The van der Waals surface area contributed by atoms with Crippen LogP contribution < -0.4 is 0 Å². The summed E-state index contributed by atoms with van der Waals surface area (Å²) in [5.74, 6) is 0.438. The average molecular weight is 261 g/mol. The first-order chi connectivity index (χ1) is 5.48. The zero-order chi connectivity index (χ0) is 9.61. The maximum atomic E-state index is 10.8.